The van der Waals surface area contributed by atoms with Gasteiger partial charge in [0.25, 0.3) is 11.8 Å². The highest BCUT2D eigenvalue weighted by molar-refractivity contribution is 6.23. The van der Waals surface area contributed by atoms with Crippen molar-refractivity contribution in [3.63, 3.8) is 0 Å². The Kier molecular flexibility index (Phi) is 9.87. The molecule has 0 bridgehead atoms. The Morgan fingerprint density at radius 3 is 2.10 bits per heavy atom. The summed E-state index contributed by atoms with van der Waals surface area (Å²) >= 11 is 0. The number of rotatable bonds is 11. The molecule has 0 aromatic heterocycles. The number of amides is 4. The number of hydrogen-bond donors (Lipinski definition) is 2. The van der Waals surface area contributed by atoms with Crippen LogP contribution in [0.2, 0.25) is 0 Å². The number of esters is 1. The third-order valence-electron chi connectivity index (χ3n) is 7.08. The number of benzene rings is 2. The summed E-state index contributed by atoms with van der Waals surface area (Å²) in [5.74, 6) is -3.40. The summed E-state index contributed by atoms with van der Waals surface area (Å²) in [5.41, 5.74) is 0.714. The fourth-order valence-corrected chi connectivity index (χ4v) is 4.48. The molecule has 0 spiro atoms. The molecule has 0 unspecified atom stereocenters. The van der Waals surface area contributed by atoms with Crippen LogP contribution in [-0.4, -0.2) is 77.0 Å². The number of imide groups is 1. The van der Waals surface area contributed by atoms with Gasteiger partial charge in [0.2, 0.25) is 5.91 Å². The number of fused-ring (bicyclic) bond motifs is 1. The third kappa shape index (κ3) is 6.24. The minimum atomic E-state index is -1.35. The predicted molar refractivity (Wildman–Crippen MR) is 145 cm³/mol. The fourth-order valence-electron chi connectivity index (χ4n) is 4.48. The molecule has 0 saturated carbocycles. The largest absolute Gasteiger partial charge is 0.504 e. The molecule has 40 heavy (non-hydrogen) atoms. The van der Waals surface area contributed by atoms with Gasteiger partial charge in [0.15, 0.2) is 11.5 Å². The van der Waals surface area contributed by atoms with Crippen LogP contribution in [0, 0.1) is 5.92 Å². The average molecular weight is 554 g/mol. The molecule has 11 heteroatoms. The molecular formula is C29H35N3O8. The molecule has 2 N–H and O–H groups in total. The molecule has 1 heterocycles. The zero-order valence-electron chi connectivity index (χ0n) is 23.3. The van der Waals surface area contributed by atoms with Crippen LogP contribution in [0.5, 0.6) is 11.5 Å². The van der Waals surface area contributed by atoms with Gasteiger partial charge in [0, 0.05) is 19.5 Å². The van der Waals surface area contributed by atoms with Crippen molar-refractivity contribution in [3.05, 3.63) is 59.2 Å². The molecule has 1 aliphatic heterocycles. The minimum absolute atomic E-state index is 0.0788. The average Bonchev–Trinajstić information content (AvgIpc) is 3.20. The summed E-state index contributed by atoms with van der Waals surface area (Å²) < 4.78 is 10.2. The number of phenols is 1. The van der Waals surface area contributed by atoms with E-state index in [1.807, 2.05) is 6.92 Å². The molecule has 3 atom stereocenters. The second-order valence-corrected chi connectivity index (χ2v) is 9.48. The van der Waals surface area contributed by atoms with Crippen molar-refractivity contribution in [1.29, 1.82) is 0 Å². The van der Waals surface area contributed by atoms with Crippen molar-refractivity contribution in [3.8, 4) is 11.5 Å². The molecule has 2 aromatic rings. The van der Waals surface area contributed by atoms with E-state index in [1.54, 1.807) is 32.9 Å². The maximum Gasteiger partial charge on any atom is 0.415 e. The summed E-state index contributed by atoms with van der Waals surface area (Å²) in [6.07, 6.45) is -0.252. The molecule has 0 aliphatic carbocycles. The molecule has 4 amide bonds. The number of ether oxygens (including phenoxy) is 2. The number of methoxy groups -OCH3 is 1. The van der Waals surface area contributed by atoms with Crippen molar-refractivity contribution in [2.75, 3.05) is 20.2 Å². The second kappa shape index (κ2) is 13.1. The van der Waals surface area contributed by atoms with Gasteiger partial charge in [-0.25, -0.2) is 9.59 Å². The molecule has 0 fully saturated rings. The molecule has 214 valence electrons. The summed E-state index contributed by atoms with van der Waals surface area (Å²) in [6.45, 7) is 8.07. The van der Waals surface area contributed by atoms with Crippen LogP contribution in [0.1, 0.15) is 60.4 Å². The molecule has 2 aromatic carbocycles. The zero-order valence-corrected chi connectivity index (χ0v) is 23.3. The van der Waals surface area contributed by atoms with Gasteiger partial charge >= 0.3 is 12.1 Å². The highest BCUT2D eigenvalue weighted by atomic mass is 16.6. The van der Waals surface area contributed by atoms with Gasteiger partial charge < -0.3 is 24.8 Å². The smallest absolute Gasteiger partial charge is 0.415 e. The van der Waals surface area contributed by atoms with Crippen LogP contribution >= 0.6 is 0 Å². The van der Waals surface area contributed by atoms with Gasteiger partial charge in [-0.05, 0) is 49.6 Å². The predicted octanol–water partition coefficient (Wildman–Crippen LogP) is 3.14. The Morgan fingerprint density at radius 1 is 1.00 bits per heavy atom. The Morgan fingerprint density at radius 2 is 1.60 bits per heavy atom. The molecule has 0 radical (unpaired) electrons. The monoisotopic (exact) mass is 553 g/mol. The Bertz CT molecular complexity index is 1250. The van der Waals surface area contributed by atoms with Gasteiger partial charge in [-0.15, -0.1) is 0 Å². The van der Waals surface area contributed by atoms with E-state index in [-0.39, 0.29) is 35.0 Å². The maximum atomic E-state index is 13.7. The molecule has 3 rings (SSSR count). The van der Waals surface area contributed by atoms with Crippen LogP contribution in [0.4, 0.5) is 4.79 Å². The van der Waals surface area contributed by atoms with Crippen molar-refractivity contribution < 1.29 is 38.6 Å². The fraction of sp³-hybridized carbons (Fsp3) is 0.414. The first-order valence-corrected chi connectivity index (χ1v) is 13.2. The van der Waals surface area contributed by atoms with Gasteiger partial charge in [0.05, 0.1) is 18.2 Å². The SMILES string of the molecule is CC[C@H](C)[C@H](NC(=O)[C@H](Cc1ccc(OC(=O)N(CC)CC)c(O)c1)N1C(=O)c2ccccc2C1=O)C(=O)OC. The number of carbonyl (C=O) groups excluding carboxylic acids is 5. The number of nitrogens with zero attached hydrogens (tertiary/aromatic N) is 2. The number of nitrogens with one attached hydrogen (secondary N) is 1. The van der Waals surface area contributed by atoms with Crippen molar-refractivity contribution in [2.45, 2.75) is 52.6 Å². The van der Waals surface area contributed by atoms with Crippen molar-refractivity contribution in [1.82, 2.24) is 15.1 Å². The zero-order chi connectivity index (χ0) is 29.6. The van der Waals surface area contributed by atoms with E-state index < -0.39 is 41.9 Å². The van der Waals surface area contributed by atoms with Crippen LogP contribution in [0.3, 0.4) is 0 Å². The van der Waals surface area contributed by atoms with E-state index in [9.17, 15) is 29.1 Å². The number of aromatic hydroxyl groups is 1. The number of hydrogen-bond acceptors (Lipinski definition) is 8. The van der Waals surface area contributed by atoms with E-state index in [0.717, 1.165) is 4.90 Å². The standard InChI is InChI=1S/C29H35N3O8/c1-6-17(4)24(28(37)39-5)30-25(34)21(32-26(35)19-11-9-10-12-20(19)27(32)36)15-18-13-14-23(22(33)16-18)40-29(38)31(7-2)8-3/h9-14,16-17,21,24,33H,6-8,15H2,1-5H3,(H,30,34)/t17-,21-,24-/m0/s1. The number of phenolic OH excluding ortho intramolecular Hbond substituents is 1. The van der Waals surface area contributed by atoms with Crippen LogP contribution in [0.25, 0.3) is 0 Å². The van der Waals surface area contributed by atoms with E-state index >= 15 is 0 Å². The van der Waals surface area contributed by atoms with Crippen LogP contribution in [-0.2, 0) is 20.7 Å². The third-order valence-corrected chi connectivity index (χ3v) is 7.08. The van der Waals surface area contributed by atoms with E-state index in [0.29, 0.717) is 25.1 Å². The molecule has 1 aliphatic rings. The molecule has 0 saturated heterocycles. The number of carbonyl (C=O) groups is 5. The van der Waals surface area contributed by atoms with E-state index in [4.69, 9.17) is 9.47 Å². The van der Waals surface area contributed by atoms with Gasteiger partial charge in [0.1, 0.15) is 12.1 Å². The summed E-state index contributed by atoms with van der Waals surface area (Å²) in [6, 6.07) is 8.09. The second-order valence-electron chi connectivity index (χ2n) is 9.48. The van der Waals surface area contributed by atoms with Gasteiger partial charge in [-0.1, -0.05) is 38.5 Å². The van der Waals surface area contributed by atoms with Crippen molar-refractivity contribution in [2.24, 2.45) is 5.92 Å². The summed E-state index contributed by atoms with van der Waals surface area (Å²) in [4.78, 5) is 67.3. The van der Waals surface area contributed by atoms with Gasteiger partial charge in [-0.2, -0.15) is 0 Å². The normalized spacial score (nSPS) is 14.7. The van der Waals surface area contributed by atoms with E-state index in [2.05, 4.69) is 5.32 Å². The summed E-state index contributed by atoms with van der Waals surface area (Å²) in [7, 11) is 1.21. The lowest BCUT2D eigenvalue weighted by Crippen LogP contribution is -2.55. The topological polar surface area (TPSA) is 143 Å². The Hall–Kier alpha value is -4.41. The molecule has 11 nitrogen and oxygen atoms in total. The van der Waals surface area contributed by atoms with Gasteiger partial charge in [-0.3, -0.25) is 19.3 Å². The summed E-state index contributed by atoms with van der Waals surface area (Å²) in [5, 5.41) is 13.2. The minimum Gasteiger partial charge on any atom is -0.504 e. The first kappa shape index (κ1) is 30.1. The maximum absolute atomic E-state index is 13.7. The van der Waals surface area contributed by atoms with Crippen LogP contribution in [0.15, 0.2) is 42.5 Å². The Balaban J connectivity index is 1.95. The first-order valence-electron chi connectivity index (χ1n) is 13.2. The molecular weight excluding hydrogens is 518 g/mol. The quantitative estimate of drug-likeness (QED) is 0.319. The highest BCUT2D eigenvalue weighted by Gasteiger charge is 2.43. The lowest BCUT2D eigenvalue weighted by atomic mass is 9.97. The Labute approximate surface area is 233 Å². The van der Waals surface area contributed by atoms with E-state index in [1.165, 1.54) is 42.3 Å². The van der Waals surface area contributed by atoms with Crippen LogP contribution < -0.4 is 10.1 Å². The lowest BCUT2D eigenvalue weighted by Gasteiger charge is -2.29. The first-order chi connectivity index (χ1) is 19.1. The lowest BCUT2D eigenvalue weighted by molar-refractivity contribution is -0.147. The highest BCUT2D eigenvalue weighted by Crippen LogP contribution is 2.30. The van der Waals surface area contributed by atoms with Crippen molar-refractivity contribution >= 4 is 29.8 Å².